The molecule has 0 aliphatic rings. The maximum atomic E-state index is 14.3. The van der Waals surface area contributed by atoms with Crippen LogP contribution in [0.2, 0.25) is 0 Å². The summed E-state index contributed by atoms with van der Waals surface area (Å²) in [5, 5.41) is 3.14. The fraction of sp³-hybridized carbons (Fsp3) is 0.312. The monoisotopic (exact) mass is 292 g/mol. The highest BCUT2D eigenvalue weighted by molar-refractivity contribution is 5.36. The molecule has 0 aliphatic carbocycles. The van der Waals surface area contributed by atoms with Gasteiger partial charge in [-0.1, -0.05) is 13.8 Å². The number of halogens is 2. The molecule has 0 bridgehead atoms. The summed E-state index contributed by atoms with van der Waals surface area (Å²) in [7, 11) is 0. The Morgan fingerprint density at radius 3 is 2.67 bits per heavy atom. The molecule has 0 saturated carbocycles. The van der Waals surface area contributed by atoms with Gasteiger partial charge in [0.05, 0.1) is 0 Å². The van der Waals surface area contributed by atoms with E-state index in [9.17, 15) is 8.78 Å². The molecule has 3 nitrogen and oxygen atoms in total. The summed E-state index contributed by atoms with van der Waals surface area (Å²) in [5.41, 5.74) is 1.07. The van der Waals surface area contributed by atoms with Crippen LogP contribution in [0.15, 0.2) is 30.5 Å². The Kier molecular flexibility index (Phi) is 4.85. The van der Waals surface area contributed by atoms with Gasteiger partial charge in [-0.2, -0.15) is 0 Å². The van der Waals surface area contributed by atoms with E-state index >= 15 is 0 Å². The molecule has 1 heterocycles. The fourth-order valence-corrected chi connectivity index (χ4v) is 1.82. The molecule has 21 heavy (non-hydrogen) atoms. The van der Waals surface area contributed by atoms with Gasteiger partial charge in [-0.05, 0) is 36.8 Å². The van der Waals surface area contributed by atoms with Crippen molar-refractivity contribution in [2.24, 2.45) is 0 Å². The first-order valence-electron chi connectivity index (χ1n) is 6.78. The first-order valence-corrected chi connectivity index (χ1v) is 6.78. The van der Waals surface area contributed by atoms with Gasteiger partial charge in [-0.15, -0.1) is 0 Å². The second kappa shape index (κ2) is 6.63. The summed E-state index contributed by atoms with van der Waals surface area (Å²) in [5.74, 6) is -0.581. The normalized spacial score (nSPS) is 11.0. The fourth-order valence-electron chi connectivity index (χ4n) is 1.82. The molecule has 0 saturated heterocycles. The molecule has 2 aromatic rings. The zero-order valence-corrected chi connectivity index (χ0v) is 12.3. The zero-order valence-electron chi connectivity index (χ0n) is 12.3. The molecule has 1 aromatic heterocycles. The number of nitrogens with zero attached hydrogens (tertiary/aromatic N) is 1. The number of ether oxygens (including phenoxy) is 1. The molecule has 5 heteroatoms. The van der Waals surface area contributed by atoms with Crippen LogP contribution in [-0.2, 0) is 6.54 Å². The summed E-state index contributed by atoms with van der Waals surface area (Å²) in [6.45, 7) is 6.06. The summed E-state index contributed by atoms with van der Waals surface area (Å²) < 4.78 is 32.8. The molecule has 1 N–H and O–H groups in total. The molecule has 0 aliphatic heterocycles. The number of benzene rings is 1. The van der Waals surface area contributed by atoms with Gasteiger partial charge < -0.3 is 10.1 Å². The van der Waals surface area contributed by atoms with E-state index in [1.807, 2.05) is 13.8 Å². The SMILES string of the molecule is Cc1cc(F)ccc1Oc1nccc(CNC(C)C)c1F. The van der Waals surface area contributed by atoms with E-state index in [4.69, 9.17) is 4.74 Å². The van der Waals surface area contributed by atoms with E-state index in [-0.39, 0.29) is 17.7 Å². The van der Waals surface area contributed by atoms with Crippen molar-refractivity contribution < 1.29 is 13.5 Å². The highest BCUT2D eigenvalue weighted by Crippen LogP contribution is 2.27. The Balaban J connectivity index is 2.22. The maximum Gasteiger partial charge on any atom is 0.256 e. The number of aromatic nitrogens is 1. The smallest absolute Gasteiger partial charge is 0.256 e. The van der Waals surface area contributed by atoms with Crippen LogP contribution in [0.1, 0.15) is 25.0 Å². The summed E-state index contributed by atoms with van der Waals surface area (Å²) >= 11 is 0. The van der Waals surface area contributed by atoms with Crippen LogP contribution in [0, 0.1) is 18.6 Å². The molecule has 1 aromatic carbocycles. The summed E-state index contributed by atoms with van der Waals surface area (Å²) in [4.78, 5) is 3.91. The Labute approximate surface area is 123 Å². The van der Waals surface area contributed by atoms with Gasteiger partial charge in [0.15, 0.2) is 5.82 Å². The Morgan fingerprint density at radius 1 is 1.24 bits per heavy atom. The van der Waals surface area contributed by atoms with Crippen LogP contribution >= 0.6 is 0 Å². The number of rotatable bonds is 5. The number of hydrogen-bond donors (Lipinski definition) is 1. The van der Waals surface area contributed by atoms with Gasteiger partial charge in [-0.3, -0.25) is 0 Å². The largest absolute Gasteiger partial charge is 0.436 e. The topological polar surface area (TPSA) is 34.1 Å². The number of pyridine rings is 1. The molecule has 112 valence electrons. The van der Waals surface area contributed by atoms with E-state index in [2.05, 4.69) is 10.3 Å². The molecule has 0 unspecified atom stereocenters. The lowest BCUT2D eigenvalue weighted by Crippen LogP contribution is -2.22. The highest BCUT2D eigenvalue weighted by atomic mass is 19.1. The molecule has 2 rings (SSSR count). The lowest BCUT2D eigenvalue weighted by Gasteiger charge is -2.12. The molecular formula is C16H18F2N2O. The average Bonchev–Trinajstić information content (AvgIpc) is 2.42. The van der Waals surface area contributed by atoms with E-state index in [1.165, 1.54) is 24.4 Å². The Hall–Kier alpha value is -2.01. The van der Waals surface area contributed by atoms with E-state index < -0.39 is 5.82 Å². The minimum Gasteiger partial charge on any atom is -0.436 e. The van der Waals surface area contributed by atoms with E-state index in [0.717, 1.165) is 0 Å². The van der Waals surface area contributed by atoms with E-state index in [0.29, 0.717) is 23.4 Å². The molecule has 0 atom stereocenters. The van der Waals surface area contributed by atoms with Crippen LogP contribution in [0.4, 0.5) is 8.78 Å². The predicted molar refractivity (Wildman–Crippen MR) is 77.4 cm³/mol. The minimum atomic E-state index is -0.505. The average molecular weight is 292 g/mol. The van der Waals surface area contributed by atoms with Crippen molar-refractivity contribution in [3.05, 3.63) is 53.2 Å². The third-order valence-electron chi connectivity index (χ3n) is 2.98. The summed E-state index contributed by atoms with van der Waals surface area (Å²) in [6, 6.07) is 5.92. The van der Waals surface area contributed by atoms with Crippen molar-refractivity contribution in [1.82, 2.24) is 10.3 Å². The minimum absolute atomic E-state index is 0.104. The second-order valence-corrected chi connectivity index (χ2v) is 5.14. The molecule has 0 spiro atoms. The Morgan fingerprint density at radius 2 is 2.00 bits per heavy atom. The van der Waals surface area contributed by atoms with Gasteiger partial charge in [0.1, 0.15) is 11.6 Å². The first kappa shape index (κ1) is 15.4. The van der Waals surface area contributed by atoms with Crippen molar-refractivity contribution in [3.63, 3.8) is 0 Å². The van der Waals surface area contributed by atoms with Crippen LogP contribution in [0.5, 0.6) is 11.6 Å². The van der Waals surface area contributed by atoms with Crippen molar-refractivity contribution in [1.29, 1.82) is 0 Å². The van der Waals surface area contributed by atoms with Gasteiger partial charge in [0, 0.05) is 24.3 Å². The second-order valence-electron chi connectivity index (χ2n) is 5.14. The molecule has 0 radical (unpaired) electrons. The quantitative estimate of drug-likeness (QED) is 0.905. The van der Waals surface area contributed by atoms with Gasteiger partial charge in [0.2, 0.25) is 0 Å². The molecule has 0 amide bonds. The predicted octanol–water partition coefficient (Wildman–Crippen LogP) is 3.96. The molecular weight excluding hydrogens is 274 g/mol. The van der Waals surface area contributed by atoms with Crippen LogP contribution in [-0.4, -0.2) is 11.0 Å². The maximum absolute atomic E-state index is 14.3. The Bertz CT molecular complexity index is 630. The standard InChI is InChI=1S/C16H18F2N2O/c1-10(2)20-9-12-6-7-19-16(15(12)18)21-14-5-4-13(17)8-11(14)3/h4-8,10,20H,9H2,1-3H3. The van der Waals surface area contributed by atoms with Crippen molar-refractivity contribution in [2.75, 3.05) is 0 Å². The lowest BCUT2D eigenvalue weighted by molar-refractivity contribution is 0.413. The molecule has 0 fully saturated rings. The van der Waals surface area contributed by atoms with E-state index in [1.54, 1.807) is 13.0 Å². The van der Waals surface area contributed by atoms with Gasteiger partial charge in [-0.25, -0.2) is 13.8 Å². The van der Waals surface area contributed by atoms with Crippen molar-refractivity contribution >= 4 is 0 Å². The third kappa shape index (κ3) is 3.98. The first-order chi connectivity index (χ1) is 9.97. The number of hydrogen-bond acceptors (Lipinski definition) is 3. The summed E-state index contributed by atoms with van der Waals surface area (Å²) in [6.07, 6.45) is 1.49. The van der Waals surface area contributed by atoms with Crippen molar-refractivity contribution in [2.45, 2.75) is 33.4 Å². The van der Waals surface area contributed by atoms with Crippen LogP contribution in [0.3, 0.4) is 0 Å². The zero-order chi connectivity index (χ0) is 15.4. The lowest BCUT2D eigenvalue weighted by atomic mass is 10.2. The third-order valence-corrected chi connectivity index (χ3v) is 2.98. The van der Waals surface area contributed by atoms with Gasteiger partial charge >= 0.3 is 0 Å². The van der Waals surface area contributed by atoms with Crippen molar-refractivity contribution in [3.8, 4) is 11.6 Å². The number of aryl methyl sites for hydroxylation is 1. The highest BCUT2D eigenvalue weighted by Gasteiger charge is 2.13. The van der Waals surface area contributed by atoms with Gasteiger partial charge in [0.25, 0.3) is 5.88 Å². The van der Waals surface area contributed by atoms with Crippen LogP contribution in [0.25, 0.3) is 0 Å². The van der Waals surface area contributed by atoms with Crippen LogP contribution < -0.4 is 10.1 Å². The number of nitrogens with one attached hydrogen (secondary N) is 1.